The summed E-state index contributed by atoms with van der Waals surface area (Å²) in [4.78, 5) is 9.32. The molecule has 2 rings (SSSR count). The van der Waals surface area contributed by atoms with Crippen LogP contribution in [0.2, 0.25) is 4.47 Å². The first kappa shape index (κ1) is 11.2. The molecule has 0 radical (unpaired) electrons. The number of thiazole rings is 2. The van der Waals surface area contributed by atoms with Crippen LogP contribution >= 0.6 is 46.0 Å². The Balaban J connectivity index is 2.01. The highest BCUT2D eigenvalue weighted by Crippen LogP contribution is 2.34. The third kappa shape index (κ3) is 2.84. The Kier molecular flexibility index (Phi) is 3.50. The number of aromatic nitrogens is 2. The summed E-state index contributed by atoms with van der Waals surface area (Å²) < 4.78 is 1.75. The Morgan fingerprint density at radius 1 is 1.53 bits per heavy atom. The average molecular weight is 278 g/mol. The summed E-state index contributed by atoms with van der Waals surface area (Å²) >= 11 is 10.5. The molecule has 2 N–H and O–H groups in total. The van der Waals surface area contributed by atoms with Crippen LogP contribution in [0.3, 0.4) is 0 Å². The monoisotopic (exact) mass is 277 g/mol. The number of nitrogen functional groups attached to an aromatic ring is 1. The number of thioether (sulfide) groups is 1. The molecule has 2 heterocycles. The molecule has 0 unspecified atom stereocenters. The maximum Gasteiger partial charge on any atom is 0.183 e. The van der Waals surface area contributed by atoms with Crippen molar-refractivity contribution in [3.8, 4) is 0 Å². The van der Waals surface area contributed by atoms with E-state index < -0.39 is 0 Å². The van der Waals surface area contributed by atoms with Crippen molar-refractivity contribution >= 4 is 51.2 Å². The van der Waals surface area contributed by atoms with E-state index in [4.69, 9.17) is 17.3 Å². The second kappa shape index (κ2) is 4.69. The van der Waals surface area contributed by atoms with Gasteiger partial charge in [-0.1, -0.05) is 22.9 Å². The van der Waals surface area contributed by atoms with Crippen LogP contribution in [-0.4, -0.2) is 9.97 Å². The number of halogens is 1. The van der Waals surface area contributed by atoms with Gasteiger partial charge in [0, 0.05) is 16.8 Å². The van der Waals surface area contributed by atoms with Gasteiger partial charge in [0.15, 0.2) is 9.60 Å². The van der Waals surface area contributed by atoms with Gasteiger partial charge in [0.05, 0.1) is 9.90 Å². The lowest BCUT2D eigenvalue weighted by molar-refractivity contribution is 1.21. The molecule has 2 aromatic heterocycles. The molecule has 0 fully saturated rings. The number of anilines is 1. The van der Waals surface area contributed by atoms with E-state index in [0.29, 0.717) is 9.60 Å². The summed E-state index contributed by atoms with van der Waals surface area (Å²) in [5, 5.41) is 0.623. The molecule has 0 aliphatic heterocycles. The van der Waals surface area contributed by atoms with Gasteiger partial charge < -0.3 is 5.73 Å². The van der Waals surface area contributed by atoms with Crippen LogP contribution in [0, 0.1) is 6.92 Å². The number of nitrogens with two attached hydrogens (primary N) is 1. The van der Waals surface area contributed by atoms with E-state index >= 15 is 0 Å². The van der Waals surface area contributed by atoms with Crippen LogP contribution in [0.25, 0.3) is 0 Å². The molecule has 0 aliphatic rings. The zero-order valence-electron chi connectivity index (χ0n) is 7.86. The number of aryl methyl sites for hydroxylation is 1. The first-order valence-corrected chi connectivity index (χ1v) is 7.10. The quantitative estimate of drug-likeness (QED) is 0.873. The first-order chi connectivity index (χ1) is 7.15. The summed E-state index contributed by atoms with van der Waals surface area (Å²) in [6.45, 7) is 1.97. The van der Waals surface area contributed by atoms with Crippen molar-refractivity contribution in [1.29, 1.82) is 0 Å². The van der Waals surface area contributed by atoms with Crippen LogP contribution < -0.4 is 5.73 Å². The molecule has 15 heavy (non-hydrogen) atoms. The third-order valence-electron chi connectivity index (χ3n) is 1.64. The van der Waals surface area contributed by atoms with Crippen molar-refractivity contribution in [3.63, 3.8) is 0 Å². The topological polar surface area (TPSA) is 51.8 Å². The molecule has 3 nitrogen and oxygen atoms in total. The van der Waals surface area contributed by atoms with Crippen molar-refractivity contribution in [2.24, 2.45) is 0 Å². The van der Waals surface area contributed by atoms with Crippen molar-refractivity contribution in [3.05, 3.63) is 21.2 Å². The van der Waals surface area contributed by atoms with Crippen LogP contribution in [-0.2, 0) is 5.75 Å². The summed E-state index contributed by atoms with van der Waals surface area (Å²) in [5.74, 6) is 0.868. The normalized spacial score (nSPS) is 10.8. The molecule has 0 saturated heterocycles. The Hall–Kier alpha value is -0.300. The molecule has 0 saturated carbocycles. The second-order valence-corrected chi connectivity index (χ2v) is 6.77. The molecule has 80 valence electrons. The number of hydrogen-bond acceptors (Lipinski definition) is 6. The highest BCUT2D eigenvalue weighted by Gasteiger charge is 2.07. The van der Waals surface area contributed by atoms with E-state index in [-0.39, 0.29) is 0 Å². The minimum absolute atomic E-state index is 0.589. The Labute approximate surface area is 105 Å². The van der Waals surface area contributed by atoms with Crippen molar-refractivity contribution in [2.75, 3.05) is 5.73 Å². The number of rotatable bonds is 3. The lowest BCUT2D eigenvalue weighted by Gasteiger charge is -1.94. The van der Waals surface area contributed by atoms with Crippen LogP contribution in [0.4, 0.5) is 5.13 Å². The minimum atomic E-state index is 0.589. The van der Waals surface area contributed by atoms with Crippen LogP contribution in [0.1, 0.15) is 10.6 Å². The smallest absolute Gasteiger partial charge is 0.183 e. The van der Waals surface area contributed by atoms with Gasteiger partial charge in [-0.25, -0.2) is 9.97 Å². The molecule has 0 bridgehead atoms. The second-order valence-electron chi connectivity index (χ2n) is 2.79. The largest absolute Gasteiger partial charge is 0.375 e. The van der Waals surface area contributed by atoms with E-state index in [1.165, 1.54) is 22.7 Å². The summed E-state index contributed by atoms with van der Waals surface area (Å²) in [6.07, 6.45) is 1.81. The highest BCUT2D eigenvalue weighted by atomic mass is 35.5. The van der Waals surface area contributed by atoms with E-state index in [0.717, 1.165) is 20.5 Å². The SMILES string of the molecule is Cc1nc(N)sc1SCc1cnc(Cl)s1. The van der Waals surface area contributed by atoms with Gasteiger partial charge in [0.25, 0.3) is 0 Å². The predicted molar refractivity (Wildman–Crippen MR) is 67.9 cm³/mol. The minimum Gasteiger partial charge on any atom is -0.375 e. The average Bonchev–Trinajstić information content (AvgIpc) is 2.70. The maximum atomic E-state index is 5.75. The van der Waals surface area contributed by atoms with E-state index in [1.807, 2.05) is 6.92 Å². The van der Waals surface area contributed by atoms with E-state index in [9.17, 15) is 0 Å². The molecule has 0 aliphatic carbocycles. The number of nitrogens with zero attached hydrogens (tertiary/aromatic N) is 2. The van der Waals surface area contributed by atoms with Crippen molar-refractivity contribution in [1.82, 2.24) is 9.97 Å². The zero-order valence-corrected chi connectivity index (χ0v) is 11.1. The molecule has 0 amide bonds. The first-order valence-electron chi connectivity index (χ1n) is 4.11. The molecular weight excluding hydrogens is 270 g/mol. The van der Waals surface area contributed by atoms with Gasteiger partial charge in [0.2, 0.25) is 0 Å². The maximum absolute atomic E-state index is 5.75. The molecule has 7 heteroatoms. The summed E-state index contributed by atoms with van der Waals surface area (Å²) in [5.41, 5.74) is 6.61. The molecule has 0 spiro atoms. The molecule has 2 aromatic rings. The standard InChI is InChI=1S/C8H8ClN3S3/c1-4-6(15-8(10)12-4)13-3-5-2-11-7(9)14-5/h2H,3H2,1H3,(H2,10,12). The van der Waals surface area contributed by atoms with Crippen molar-refractivity contribution in [2.45, 2.75) is 16.9 Å². The van der Waals surface area contributed by atoms with Gasteiger partial charge in [-0.15, -0.1) is 23.1 Å². The lowest BCUT2D eigenvalue weighted by atomic mass is 10.6. The van der Waals surface area contributed by atoms with Gasteiger partial charge in [-0.3, -0.25) is 0 Å². The fourth-order valence-electron chi connectivity index (χ4n) is 1.02. The van der Waals surface area contributed by atoms with Gasteiger partial charge in [-0.2, -0.15) is 0 Å². The Bertz CT molecular complexity index is 465. The van der Waals surface area contributed by atoms with Crippen molar-refractivity contribution < 1.29 is 0 Å². The predicted octanol–water partition coefficient (Wildman–Crippen LogP) is 3.44. The zero-order chi connectivity index (χ0) is 10.8. The fraction of sp³-hybridized carbons (Fsp3) is 0.250. The Morgan fingerprint density at radius 2 is 2.33 bits per heavy atom. The van der Waals surface area contributed by atoms with Gasteiger partial charge in [0.1, 0.15) is 0 Å². The highest BCUT2D eigenvalue weighted by molar-refractivity contribution is 8.00. The third-order valence-corrected chi connectivity index (χ3v) is 5.34. The van der Waals surface area contributed by atoms with E-state index in [2.05, 4.69) is 9.97 Å². The van der Waals surface area contributed by atoms with E-state index in [1.54, 1.807) is 18.0 Å². The molecule has 0 atom stereocenters. The van der Waals surface area contributed by atoms with Crippen LogP contribution in [0.5, 0.6) is 0 Å². The molecular formula is C8H8ClN3S3. The summed E-state index contributed by atoms with van der Waals surface area (Å²) in [6, 6.07) is 0. The molecule has 0 aromatic carbocycles. The Morgan fingerprint density at radius 3 is 2.87 bits per heavy atom. The fourth-order valence-corrected chi connectivity index (χ4v) is 4.05. The lowest BCUT2D eigenvalue weighted by Crippen LogP contribution is -1.80. The number of hydrogen-bond donors (Lipinski definition) is 1. The van der Waals surface area contributed by atoms with Gasteiger partial charge in [-0.05, 0) is 6.92 Å². The van der Waals surface area contributed by atoms with Crippen LogP contribution in [0.15, 0.2) is 10.4 Å². The summed E-state index contributed by atoms with van der Waals surface area (Å²) in [7, 11) is 0. The van der Waals surface area contributed by atoms with Gasteiger partial charge >= 0.3 is 0 Å².